The van der Waals surface area contributed by atoms with Gasteiger partial charge in [0.25, 0.3) is 0 Å². The Labute approximate surface area is 309 Å². The topological polar surface area (TPSA) is 0 Å². The van der Waals surface area contributed by atoms with Crippen molar-refractivity contribution < 1.29 is 0 Å². The Morgan fingerprint density at radius 3 is 1.12 bits per heavy atom. The smallest absolute Gasteiger partial charge is 0.137 e. The van der Waals surface area contributed by atoms with Gasteiger partial charge in [-0.25, -0.2) is 0 Å². The highest BCUT2D eigenvalue weighted by atomic mass is 32.1. The molecule has 4 heterocycles. The highest BCUT2D eigenvalue weighted by Gasteiger charge is 2.34. The summed E-state index contributed by atoms with van der Waals surface area (Å²) in [4.78, 5) is 8.67. The van der Waals surface area contributed by atoms with Crippen molar-refractivity contribution in [3.8, 4) is 20.9 Å². The van der Waals surface area contributed by atoms with Gasteiger partial charge in [-0.3, -0.25) is 0 Å². The molecule has 49 heavy (non-hydrogen) atoms. The molecule has 0 bridgehead atoms. The van der Waals surface area contributed by atoms with E-state index in [4.69, 9.17) is 0 Å². The number of hydrogen-bond acceptors (Lipinski definition) is 4. The molecule has 0 saturated carbocycles. The van der Waals surface area contributed by atoms with E-state index in [9.17, 15) is 0 Å². The van der Waals surface area contributed by atoms with Crippen LogP contribution in [0.15, 0.2) is 84.9 Å². The predicted molar refractivity (Wildman–Crippen MR) is 225 cm³/mol. The lowest BCUT2D eigenvalue weighted by atomic mass is 9.97. The van der Waals surface area contributed by atoms with Crippen LogP contribution in [0.4, 0.5) is 0 Å². The molecule has 0 saturated heterocycles. The molecule has 8 rings (SSSR count). The van der Waals surface area contributed by atoms with Crippen molar-refractivity contribution in [1.29, 1.82) is 0 Å². The van der Waals surface area contributed by atoms with Crippen LogP contribution in [0.2, 0.25) is 13.1 Å². The van der Waals surface area contributed by atoms with Gasteiger partial charge in [-0.2, -0.15) is 0 Å². The molecule has 0 aliphatic heterocycles. The molecule has 0 unspecified atom stereocenters. The predicted octanol–water partition coefficient (Wildman–Crippen LogP) is 13.5. The first-order valence-corrected chi connectivity index (χ1v) is 23.9. The monoisotopic (exact) mass is 728 g/mol. The van der Waals surface area contributed by atoms with Crippen LogP contribution in [-0.2, 0) is 0 Å². The normalized spacial score (nSPS) is 15.3. The standard InChI is InChI=1S/C44H44S4Si/c1-27-37(23-41(45-27)31-15-9-7-10-16-31)33-19-13-21-35(33)39-25-43(47-29(39)3)49(5,6)44-26-40(30(4)48-44)36-22-14-20-34(36)38-24-42(46-28(38)2)32-17-11-8-12-18-32/h7-12,15-18,23-26H,13-14,19-22H2,1-6H3. The first-order chi connectivity index (χ1) is 23.7. The molecular formula is C44H44S4Si. The van der Waals surface area contributed by atoms with Gasteiger partial charge < -0.3 is 0 Å². The summed E-state index contributed by atoms with van der Waals surface area (Å²) < 4.78 is 3.25. The maximum absolute atomic E-state index is 2.63. The molecule has 2 aliphatic rings. The summed E-state index contributed by atoms with van der Waals surface area (Å²) in [5.41, 5.74) is 15.1. The number of rotatable bonds is 8. The lowest BCUT2D eigenvalue weighted by Gasteiger charge is -2.19. The van der Waals surface area contributed by atoms with E-state index < -0.39 is 8.07 Å². The quantitative estimate of drug-likeness (QED) is 0.137. The summed E-state index contributed by atoms with van der Waals surface area (Å²) >= 11 is 8.06. The van der Waals surface area contributed by atoms with Gasteiger partial charge in [0.1, 0.15) is 8.07 Å². The Morgan fingerprint density at radius 2 is 0.755 bits per heavy atom. The summed E-state index contributed by atoms with van der Waals surface area (Å²) in [6, 6.07) is 32.0. The van der Waals surface area contributed by atoms with E-state index in [-0.39, 0.29) is 0 Å². The SMILES string of the molecule is Cc1sc(-c2ccccc2)cc1C1=C(c2cc([Si](C)(C)c3cc(C4=C(c5cc(-c6ccccc6)sc5C)CCC4)c(C)s3)sc2C)CCC1. The Morgan fingerprint density at radius 1 is 0.429 bits per heavy atom. The molecule has 248 valence electrons. The van der Waals surface area contributed by atoms with Crippen LogP contribution in [0.3, 0.4) is 0 Å². The summed E-state index contributed by atoms with van der Waals surface area (Å²) in [6.45, 7) is 14.6. The van der Waals surface area contributed by atoms with Crippen LogP contribution in [-0.4, -0.2) is 8.07 Å². The first-order valence-electron chi connectivity index (χ1n) is 17.7. The zero-order valence-corrected chi connectivity index (χ0v) is 33.7. The third-order valence-electron chi connectivity index (χ3n) is 10.8. The Bertz CT molecular complexity index is 2070. The second-order valence-corrected chi connectivity index (χ2v) is 24.4. The Kier molecular flexibility index (Phi) is 8.95. The number of benzene rings is 2. The summed E-state index contributed by atoms with van der Waals surface area (Å²) in [5.74, 6) is 0. The van der Waals surface area contributed by atoms with E-state index in [1.165, 1.54) is 101 Å². The van der Waals surface area contributed by atoms with Crippen LogP contribution in [0, 0.1) is 27.7 Å². The van der Waals surface area contributed by atoms with E-state index in [0.29, 0.717) is 0 Å². The van der Waals surface area contributed by atoms with Crippen molar-refractivity contribution in [2.45, 2.75) is 79.3 Å². The fraction of sp³-hybridized carbons (Fsp3) is 0.273. The van der Waals surface area contributed by atoms with Gasteiger partial charge in [-0.1, -0.05) is 73.8 Å². The van der Waals surface area contributed by atoms with Crippen molar-refractivity contribution in [3.63, 3.8) is 0 Å². The van der Waals surface area contributed by atoms with Crippen LogP contribution in [0.1, 0.15) is 80.3 Å². The first kappa shape index (κ1) is 33.1. The van der Waals surface area contributed by atoms with Crippen LogP contribution < -0.4 is 9.00 Å². The molecule has 0 radical (unpaired) electrons. The molecule has 0 N–H and O–H groups in total. The van der Waals surface area contributed by atoms with Crippen molar-refractivity contribution in [1.82, 2.24) is 0 Å². The second kappa shape index (κ2) is 13.2. The lowest BCUT2D eigenvalue weighted by Crippen LogP contribution is -2.50. The fourth-order valence-electron chi connectivity index (χ4n) is 8.03. The molecule has 6 aromatic rings. The van der Waals surface area contributed by atoms with Crippen LogP contribution >= 0.6 is 45.3 Å². The molecule has 0 spiro atoms. The molecular weight excluding hydrogens is 685 g/mol. The van der Waals surface area contributed by atoms with Gasteiger partial charge in [0, 0.05) is 29.3 Å². The van der Waals surface area contributed by atoms with Gasteiger partial charge in [0.2, 0.25) is 0 Å². The minimum absolute atomic E-state index is 1.19. The Balaban J connectivity index is 1.12. The minimum Gasteiger partial charge on any atom is -0.149 e. The molecule has 2 aliphatic carbocycles. The molecule has 0 amide bonds. The van der Waals surface area contributed by atoms with Crippen LogP contribution in [0.5, 0.6) is 0 Å². The second-order valence-electron chi connectivity index (χ2n) is 14.3. The average molecular weight is 729 g/mol. The molecule has 0 fully saturated rings. The number of hydrogen-bond donors (Lipinski definition) is 0. The number of aryl methyl sites for hydroxylation is 4. The fourth-order valence-corrected chi connectivity index (χ4v) is 16.8. The van der Waals surface area contributed by atoms with Crippen molar-refractivity contribution in [3.05, 3.63) is 127 Å². The maximum atomic E-state index is 2.63. The minimum atomic E-state index is -1.89. The van der Waals surface area contributed by atoms with E-state index >= 15 is 0 Å². The van der Waals surface area contributed by atoms with Crippen molar-refractivity contribution in [2.75, 3.05) is 0 Å². The highest BCUT2D eigenvalue weighted by molar-refractivity contribution is 7.36. The highest BCUT2D eigenvalue weighted by Crippen LogP contribution is 2.47. The molecule has 4 aromatic heterocycles. The van der Waals surface area contributed by atoms with Gasteiger partial charge in [-0.05, 0) is 155 Å². The largest absolute Gasteiger partial charge is 0.149 e. The van der Waals surface area contributed by atoms with Gasteiger partial charge in [0.05, 0.1) is 0 Å². The van der Waals surface area contributed by atoms with E-state index in [2.05, 4.69) is 148 Å². The average Bonchev–Trinajstić information content (AvgIpc) is 3.95. The summed E-state index contributed by atoms with van der Waals surface area (Å²) in [7, 11) is -1.89. The molecule has 0 nitrogen and oxygen atoms in total. The summed E-state index contributed by atoms with van der Waals surface area (Å²) in [6.07, 6.45) is 7.28. The van der Waals surface area contributed by atoms with Gasteiger partial charge in [-0.15, -0.1) is 45.3 Å². The molecule has 2 aromatic carbocycles. The number of thiophene rings is 4. The molecule has 0 atom stereocenters. The summed E-state index contributed by atoms with van der Waals surface area (Å²) in [5, 5.41) is 0. The van der Waals surface area contributed by atoms with Gasteiger partial charge in [0.15, 0.2) is 0 Å². The number of allylic oxidation sites excluding steroid dienone is 4. The van der Waals surface area contributed by atoms with E-state index in [1.54, 1.807) is 31.3 Å². The van der Waals surface area contributed by atoms with Crippen LogP contribution in [0.25, 0.3) is 43.2 Å². The van der Waals surface area contributed by atoms with E-state index in [0.717, 1.165) is 0 Å². The third kappa shape index (κ3) is 6.06. The molecule has 5 heteroatoms. The van der Waals surface area contributed by atoms with Gasteiger partial charge >= 0.3 is 0 Å². The van der Waals surface area contributed by atoms with Crippen molar-refractivity contribution >= 4 is 84.7 Å². The lowest BCUT2D eigenvalue weighted by molar-refractivity contribution is 0.941. The maximum Gasteiger partial charge on any atom is 0.137 e. The zero-order chi connectivity index (χ0) is 33.9. The van der Waals surface area contributed by atoms with E-state index in [1.807, 2.05) is 22.7 Å². The third-order valence-corrected chi connectivity index (χ3v) is 21.1. The van der Waals surface area contributed by atoms with Crippen molar-refractivity contribution in [2.24, 2.45) is 0 Å². The zero-order valence-electron chi connectivity index (χ0n) is 29.5. The Hall–Kier alpha value is -3.06.